The quantitative estimate of drug-likeness (QED) is 0.175. The Morgan fingerprint density at radius 3 is 2.62 bits per heavy atom. The topological polar surface area (TPSA) is 96.6 Å². The van der Waals surface area contributed by atoms with Crippen molar-refractivity contribution in [1.82, 2.24) is 10.6 Å². The van der Waals surface area contributed by atoms with E-state index in [-0.39, 0.29) is 12.8 Å². The molecule has 1 radical (unpaired) electrons. The molecule has 2 atom stereocenters. The minimum absolute atomic E-state index is 0.117. The third-order valence-electron chi connectivity index (χ3n) is 4.59. The summed E-state index contributed by atoms with van der Waals surface area (Å²) in [6.45, 7) is 3.19. The zero-order valence-corrected chi connectivity index (χ0v) is 17.8. The summed E-state index contributed by atoms with van der Waals surface area (Å²) < 4.78 is 27.3. The Bertz CT molecular complexity index is 1050. The van der Waals surface area contributed by atoms with E-state index in [4.69, 9.17) is 13.2 Å². The molecular weight excluding hydrogens is 413 g/mol. The first-order valence-corrected chi connectivity index (χ1v) is 9.85. The average Bonchev–Trinajstić information content (AvgIpc) is 2.77. The van der Waals surface area contributed by atoms with Crippen molar-refractivity contribution in [3.05, 3.63) is 76.7 Å². The minimum atomic E-state index is -1.41. The van der Waals surface area contributed by atoms with E-state index in [1.165, 1.54) is 31.5 Å². The molecule has 0 aliphatic carbocycles. The molecule has 4 N–H and O–H groups in total. The molecule has 0 aliphatic rings. The predicted octanol–water partition coefficient (Wildman–Crippen LogP) is 2.32. The molecule has 2 rings (SSSR count). The molecule has 0 heterocycles. The molecule has 0 spiro atoms. The van der Waals surface area contributed by atoms with Crippen LogP contribution in [0.25, 0.3) is 5.57 Å². The third kappa shape index (κ3) is 6.97. The maximum absolute atomic E-state index is 14.3. The Labute approximate surface area is 186 Å². The van der Waals surface area contributed by atoms with E-state index in [0.29, 0.717) is 33.4 Å². The fourth-order valence-corrected chi connectivity index (χ4v) is 2.98. The molecule has 0 aromatic heterocycles. The Kier molecular flexibility index (Phi) is 9.01. The molecule has 2 aromatic carbocycles. The van der Waals surface area contributed by atoms with Gasteiger partial charge in [-0.3, -0.25) is 0 Å². The van der Waals surface area contributed by atoms with Crippen LogP contribution in [0.4, 0.5) is 8.78 Å². The van der Waals surface area contributed by atoms with Gasteiger partial charge < -0.3 is 0 Å². The second kappa shape index (κ2) is 11.7. The number of alkyl halides is 1. The van der Waals surface area contributed by atoms with Gasteiger partial charge >= 0.3 is 186 Å². The van der Waals surface area contributed by atoms with Gasteiger partial charge in [0.25, 0.3) is 0 Å². The summed E-state index contributed by atoms with van der Waals surface area (Å²) in [5.74, 6) is -1.23. The van der Waals surface area contributed by atoms with Crippen molar-refractivity contribution in [2.75, 3.05) is 0 Å². The van der Waals surface area contributed by atoms with Gasteiger partial charge in [0.05, 0.1) is 0 Å². The molecule has 0 saturated heterocycles. The van der Waals surface area contributed by atoms with Crippen LogP contribution < -0.4 is 16.4 Å². The first-order chi connectivity index (χ1) is 15.2. The van der Waals surface area contributed by atoms with Crippen LogP contribution in [0.5, 0.6) is 0 Å². The second-order valence-corrected chi connectivity index (χ2v) is 7.02. The summed E-state index contributed by atoms with van der Waals surface area (Å²) in [4.78, 5) is 25.4. The number of nitrogens with two attached hydrogens (primary N) is 1. The SMILES string of the molecule is [B]=C(NC(C)c1cc(F)cc(C(=C/N)/C=N/C(C)F)c1)c1ccccc1CNC(=O)C=O. The van der Waals surface area contributed by atoms with E-state index in [2.05, 4.69) is 15.6 Å². The number of halogens is 2. The molecule has 0 fully saturated rings. The van der Waals surface area contributed by atoms with Gasteiger partial charge in [-0.05, 0) is 0 Å². The number of rotatable bonds is 10. The Morgan fingerprint density at radius 2 is 1.97 bits per heavy atom. The molecule has 2 unspecified atom stereocenters. The zero-order valence-electron chi connectivity index (χ0n) is 17.8. The van der Waals surface area contributed by atoms with Gasteiger partial charge in [0.2, 0.25) is 0 Å². The summed E-state index contributed by atoms with van der Waals surface area (Å²) in [6, 6.07) is 11.0. The summed E-state index contributed by atoms with van der Waals surface area (Å²) in [5.41, 5.74) is 8.64. The van der Waals surface area contributed by atoms with E-state index < -0.39 is 24.1 Å². The van der Waals surface area contributed by atoms with Gasteiger partial charge in [0, 0.05) is 0 Å². The number of benzene rings is 2. The molecular formula is C23H24BF2N4O2. The molecule has 0 aliphatic heterocycles. The summed E-state index contributed by atoms with van der Waals surface area (Å²) >= 11 is 0. The van der Waals surface area contributed by atoms with Crippen molar-refractivity contribution in [3.8, 4) is 0 Å². The van der Waals surface area contributed by atoms with Crippen molar-refractivity contribution < 1.29 is 18.4 Å². The van der Waals surface area contributed by atoms with E-state index in [0.717, 1.165) is 0 Å². The molecule has 6 nitrogen and oxygen atoms in total. The predicted molar refractivity (Wildman–Crippen MR) is 123 cm³/mol. The second-order valence-electron chi connectivity index (χ2n) is 7.02. The van der Waals surface area contributed by atoms with Gasteiger partial charge in [0.1, 0.15) is 0 Å². The maximum atomic E-state index is 14.3. The number of allylic oxidation sites excluding steroid dienone is 1. The number of hydrogen-bond donors (Lipinski definition) is 3. The fraction of sp³-hybridized carbons (Fsp3) is 0.217. The molecule has 165 valence electrons. The monoisotopic (exact) mass is 437 g/mol. The number of aldehydes is 1. The number of carbonyl (C=O) groups excluding carboxylic acids is 2. The molecule has 2 aromatic rings. The van der Waals surface area contributed by atoms with Gasteiger partial charge in [-0.15, -0.1) is 0 Å². The van der Waals surface area contributed by atoms with E-state index in [1.54, 1.807) is 37.3 Å². The van der Waals surface area contributed by atoms with Crippen LogP contribution in [0.2, 0.25) is 0 Å². The van der Waals surface area contributed by atoms with Crippen LogP contribution in [0.15, 0.2) is 53.7 Å². The zero-order chi connectivity index (χ0) is 23.7. The van der Waals surface area contributed by atoms with Crippen LogP contribution in [0, 0.1) is 5.82 Å². The van der Waals surface area contributed by atoms with Crippen molar-refractivity contribution >= 4 is 37.1 Å². The fourth-order valence-electron chi connectivity index (χ4n) is 2.98. The Morgan fingerprint density at radius 1 is 1.25 bits per heavy atom. The number of aliphatic imine (C=N–C) groups is 1. The van der Waals surface area contributed by atoms with Gasteiger partial charge in [-0.1, -0.05) is 0 Å². The van der Waals surface area contributed by atoms with Crippen LogP contribution in [-0.2, 0) is 16.1 Å². The van der Waals surface area contributed by atoms with Crippen LogP contribution in [0.1, 0.15) is 42.1 Å². The number of nitrogens with zero attached hydrogens (tertiary/aromatic N) is 1. The van der Waals surface area contributed by atoms with Gasteiger partial charge in [-0.25, -0.2) is 0 Å². The van der Waals surface area contributed by atoms with E-state index in [9.17, 15) is 18.4 Å². The Hall–Kier alpha value is -3.62. The number of nitrogens with one attached hydrogen (secondary N) is 2. The van der Waals surface area contributed by atoms with Crippen molar-refractivity contribution in [3.63, 3.8) is 0 Å². The van der Waals surface area contributed by atoms with Crippen molar-refractivity contribution in [2.45, 2.75) is 32.7 Å². The summed E-state index contributed by atoms with van der Waals surface area (Å²) in [5, 5.41) is 5.59. The number of carbonyl (C=O) groups is 2. The first-order valence-electron chi connectivity index (χ1n) is 9.85. The van der Waals surface area contributed by atoms with Gasteiger partial charge in [-0.2, -0.15) is 0 Å². The summed E-state index contributed by atoms with van der Waals surface area (Å²) in [7, 11) is 6.25. The van der Waals surface area contributed by atoms with Crippen molar-refractivity contribution in [2.24, 2.45) is 10.7 Å². The standard InChI is InChI=1S/C23H24BF2N4O2/c1-14(17-7-18(9-20(26)8-17)19(10-27)12-28-15(2)25)30-23(24)21-6-4-3-5-16(21)11-29-22(32)13-31/h3-10,12-15,30H,11,27H2,1-2H3,(H,29,32)/b19-10+,28-12+. The van der Waals surface area contributed by atoms with E-state index in [1.807, 2.05) is 0 Å². The normalized spacial score (nSPS) is 13.4. The van der Waals surface area contributed by atoms with Crippen LogP contribution in [-0.4, -0.2) is 37.8 Å². The number of amides is 1. The Balaban J connectivity index is 2.24. The molecule has 1 amide bonds. The number of hydrogen-bond acceptors (Lipinski definition) is 5. The first kappa shape index (κ1) is 24.7. The van der Waals surface area contributed by atoms with E-state index >= 15 is 0 Å². The van der Waals surface area contributed by atoms with Gasteiger partial charge in [0.15, 0.2) is 0 Å². The molecule has 0 saturated carbocycles. The van der Waals surface area contributed by atoms with Crippen molar-refractivity contribution in [1.29, 1.82) is 0 Å². The molecule has 9 heteroatoms. The third-order valence-corrected chi connectivity index (χ3v) is 4.59. The van der Waals surface area contributed by atoms with Crippen LogP contribution in [0.3, 0.4) is 0 Å². The van der Waals surface area contributed by atoms with Crippen LogP contribution >= 0.6 is 0 Å². The molecule has 32 heavy (non-hydrogen) atoms. The molecule has 0 bridgehead atoms. The summed E-state index contributed by atoms with van der Waals surface area (Å²) in [6.07, 6.45) is 1.27. The average molecular weight is 437 g/mol.